The third kappa shape index (κ3) is 4.43. The van der Waals surface area contributed by atoms with Gasteiger partial charge in [-0.05, 0) is 52.0 Å². The quantitative estimate of drug-likeness (QED) is 0.735. The lowest BCUT2D eigenvalue weighted by atomic mass is 9.89. The zero-order valence-electron chi connectivity index (χ0n) is 9.88. The Morgan fingerprint density at radius 1 is 1.29 bits per heavy atom. The minimum Gasteiger partial charge on any atom is -0.378 e. The molecule has 0 aromatic carbocycles. The molecule has 0 heterocycles. The van der Waals surface area contributed by atoms with Gasteiger partial charge in [0.2, 0.25) is 0 Å². The Bertz CT molecular complexity index is 141. The second-order valence-corrected chi connectivity index (χ2v) is 4.73. The zero-order chi connectivity index (χ0) is 10.4. The second kappa shape index (κ2) is 6.41. The lowest BCUT2D eigenvalue weighted by Gasteiger charge is -2.26. The van der Waals surface area contributed by atoms with Crippen molar-refractivity contribution in [3.05, 3.63) is 0 Å². The second-order valence-electron chi connectivity index (χ2n) is 4.73. The van der Waals surface area contributed by atoms with Gasteiger partial charge in [0.1, 0.15) is 0 Å². The Balaban J connectivity index is 2.02. The van der Waals surface area contributed by atoms with Crippen LogP contribution in [0.15, 0.2) is 0 Å². The predicted octanol–water partition coefficient (Wildman–Crippen LogP) is 2.58. The van der Waals surface area contributed by atoms with E-state index in [9.17, 15) is 0 Å². The fraction of sp³-hybridized carbons (Fsp3) is 1.00. The largest absolute Gasteiger partial charge is 0.378 e. The Morgan fingerprint density at radius 3 is 2.50 bits per heavy atom. The van der Waals surface area contributed by atoms with Gasteiger partial charge in [0.25, 0.3) is 0 Å². The Hall–Kier alpha value is -0.0800. The summed E-state index contributed by atoms with van der Waals surface area (Å²) in [6, 6.07) is 0.581. The first kappa shape index (κ1) is 12.0. The summed E-state index contributed by atoms with van der Waals surface area (Å²) in [4.78, 5) is 0. The van der Waals surface area contributed by atoms with Gasteiger partial charge in [-0.3, -0.25) is 0 Å². The van der Waals surface area contributed by atoms with Crippen molar-refractivity contribution in [3.8, 4) is 0 Å². The monoisotopic (exact) mass is 199 g/mol. The maximum atomic E-state index is 5.86. The minimum absolute atomic E-state index is 0.551. The van der Waals surface area contributed by atoms with E-state index in [0.717, 1.165) is 18.9 Å². The Kier molecular flexibility index (Phi) is 5.49. The van der Waals surface area contributed by atoms with Crippen LogP contribution in [0.4, 0.5) is 0 Å². The molecule has 14 heavy (non-hydrogen) atoms. The van der Waals surface area contributed by atoms with Crippen LogP contribution in [0, 0.1) is 5.92 Å². The fourth-order valence-corrected chi connectivity index (χ4v) is 1.95. The smallest absolute Gasteiger partial charge is 0.0575 e. The average molecular weight is 199 g/mol. The summed E-state index contributed by atoms with van der Waals surface area (Å²) in [7, 11) is 2.01. The van der Waals surface area contributed by atoms with Gasteiger partial charge in [0, 0.05) is 12.6 Å². The van der Waals surface area contributed by atoms with E-state index in [-0.39, 0.29) is 0 Å². The zero-order valence-corrected chi connectivity index (χ0v) is 9.88. The number of ether oxygens (including phenoxy) is 1. The van der Waals surface area contributed by atoms with Crippen LogP contribution in [0.1, 0.15) is 46.0 Å². The molecule has 84 valence electrons. The van der Waals surface area contributed by atoms with E-state index in [2.05, 4.69) is 19.2 Å². The van der Waals surface area contributed by atoms with Crippen molar-refractivity contribution in [1.29, 1.82) is 0 Å². The third-order valence-corrected chi connectivity index (χ3v) is 3.36. The Morgan fingerprint density at radius 2 is 1.93 bits per heavy atom. The van der Waals surface area contributed by atoms with Gasteiger partial charge in [-0.25, -0.2) is 0 Å². The topological polar surface area (TPSA) is 21.3 Å². The van der Waals surface area contributed by atoms with Crippen molar-refractivity contribution in [1.82, 2.24) is 5.32 Å². The molecule has 2 heteroatoms. The van der Waals surface area contributed by atoms with Crippen LogP contribution in [0.25, 0.3) is 0 Å². The van der Waals surface area contributed by atoms with Crippen molar-refractivity contribution in [3.63, 3.8) is 0 Å². The molecule has 0 spiro atoms. The summed E-state index contributed by atoms with van der Waals surface area (Å²) < 4.78 is 5.86. The molecule has 1 aliphatic rings. The van der Waals surface area contributed by atoms with Crippen molar-refractivity contribution >= 4 is 0 Å². The summed E-state index contributed by atoms with van der Waals surface area (Å²) in [5.74, 6) is 0.922. The van der Waals surface area contributed by atoms with Crippen molar-refractivity contribution in [2.75, 3.05) is 13.7 Å². The van der Waals surface area contributed by atoms with Crippen LogP contribution in [0.5, 0.6) is 0 Å². The molecule has 0 saturated heterocycles. The normalized spacial score (nSPS) is 30.2. The molecule has 0 amide bonds. The van der Waals surface area contributed by atoms with Gasteiger partial charge in [-0.2, -0.15) is 0 Å². The third-order valence-electron chi connectivity index (χ3n) is 3.36. The molecule has 1 rings (SSSR count). The van der Waals surface area contributed by atoms with E-state index in [1.165, 1.54) is 25.7 Å². The van der Waals surface area contributed by atoms with Crippen molar-refractivity contribution in [2.45, 2.75) is 58.1 Å². The van der Waals surface area contributed by atoms with Gasteiger partial charge in [0.15, 0.2) is 0 Å². The highest BCUT2D eigenvalue weighted by Gasteiger charge is 2.18. The van der Waals surface area contributed by atoms with Gasteiger partial charge >= 0.3 is 0 Å². The highest BCUT2D eigenvalue weighted by Crippen LogP contribution is 2.25. The van der Waals surface area contributed by atoms with Crippen LogP contribution in [-0.4, -0.2) is 25.8 Å². The predicted molar refractivity (Wildman–Crippen MR) is 60.5 cm³/mol. The van der Waals surface area contributed by atoms with Gasteiger partial charge < -0.3 is 10.1 Å². The number of hydrogen-bond donors (Lipinski definition) is 1. The number of hydrogen-bond acceptors (Lipinski definition) is 2. The van der Waals surface area contributed by atoms with Crippen molar-refractivity contribution < 1.29 is 4.74 Å². The highest BCUT2D eigenvalue weighted by atomic mass is 16.5. The number of rotatable bonds is 5. The van der Waals surface area contributed by atoms with E-state index >= 15 is 0 Å². The molecular weight excluding hydrogens is 174 g/mol. The van der Waals surface area contributed by atoms with Crippen LogP contribution < -0.4 is 5.32 Å². The fourth-order valence-electron chi connectivity index (χ4n) is 1.95. The Labute approximate surface area is 88.4 Å². The molecule has 1 unspecified atom stereocenters. The SMILES string of the molecule is CNC(C)CCOC1CCC(C)CC1. The average Bonchev–Trinajstić information content (AvgIpc) is 2.21. The van der Waals surface area contributed by atoms with Crippen LogP contribution >= 0.6 is 0 Å². The standard InChI is InChI=1S/C12H25NO/c1-10-4-6-12(7-5-10)14-9-8-11(2)13-3/h10-13H,4-9H2,1-3H3. The highest BCUT2D eigenvalue weighted by molar-refractivity contribution is 4.70. The molecule has 1 N–H and O–H groups in total. The van der Waals surface area contributed by atoms with Gasteiger partial charge in [-0.15, -0.1) is 0 Å². The summed E-state index contributed by atoms with van der Waals surface area (Å²) in [5, 5.41) is 3.23. The van der Waals surface area contributed by atoms with E-state index in [4.69, 9.17) is 4.74 Å². The van der Waals surface area contributed by atoms with Crippen molar-refractivity contribution in [2.24, 2.45) is 5.92 Å². The lowest BCUT2D eigenvalue weighted by Crippen LogP contribution is -2.26. The van der Waals surface area contributed by atoms with Crippen LogP contribution in [0.3, 0.4) is 0 Å². The van der Waals surface area contributed by atoms with Crippen LogP contribution in [0.2, 0.25) is 0 Å². The molecule has 0 aliphatic heterocycles. The summed E-state index contributed by atoms with van der Waals surface area (Å²) in [6.45, 7) is 5.46. The molecule has 2 nitrogen and oxygen atoms in total. The maximum Gasteiger partial charge on any atom is 0.0575 e. The van der Waals surface area contributed by atoms with E-state index in [1.807, 2.05) is 7.05 Å². The lowest BCUT2D eigenvalue weighted by molar-refractivity contribution is 0.0162. The molecular formula is C12H25NO. The number of nitrogens with one attached hydrogen (secondary N) is 1. The maximum absolute atomic E-state index is 5.86. The van der Waals surface area contributed by atoms with E-state index in [0.29, 0.717) is 12.1 Å². The first-order valence-corrected chi connectivity index (χ1v) is 6.01. The molecule has 1 atom stereocenters. The molecule has 1 fully saturated rings. The van der Waals surface area contributed by atoms with Crippen LogP contribution in [-0.2, 0) is 4.74 Å². The molecule has 0 aromatic heterocycles. The molecule has 0 aromatic rings. The summed E-state index contributed by atoms with van der Waals surface area (Å²) in [5.41, 5.74) is 0. The summed E-state index contributed by atoms with van der Waals surface area (Å²) in [6.07, 6.45) is 6.93. The molecule has 0 radical (unpaired) electrons. The van der Waals surface area contributed by atoms with E-state index in [1.54, 1.807) is 0 Å². The first-order chi connectivity index (χ1) is 6.72. The first-order valence-electron chi connectivity index (χ1n) is 6.01. The summed E-state index contributed by atoms with van der Waals surface area (Å²) >= 11 is 0. The van der Waals surface area contributed by atoms with Gasteiger partial charge in [0.05, 0.1) is 6.10 Å². The van der Waals surface area contributed by atoms with E-state index < -0.39 is 0 Å². The molecule has 0 bridgehead atoms. The molecule has 1 saturated carbocycles. The van der Waals surface area contributed by atoms with Gasteiger partial charge in [-0.1, -0.05) is 6.92 Å². The minimum atomic E-state index is 0.551. The molecule has 1 aliphatic carbocycles.